The highest BCUT2D eigenvalue weighted by Crippen LogP contribution is 2.39. The molecule has 2 aromatic rings. The van der Waals surface area contributed by atoms with Gasteiger partial charge in [0.05, 0.1) is 5.56 Å². The zero-order valence-electron chi connectivity index (χ0n) is 9.63. The summed E-state index contributed by atoms with van der Waals surface area (Å²) in [5.41, 5.74) is -1.26. The number of rotatable bonds is 3. The van der Waals surface area contributed by atoms with Crippen molar-refractivity contribution in [3.63, 3.8) is 0 Å². The Labute approximate surface area is 111 Å². The molecule has 102 valence electrons. The van der Waals surface area contributed by atoms with Gasteiger partial charge in [0.2, 0.25) is 0 Å². The molecule has 2 rings (SSSR count). The van der Waals surface area contributed by atoms with Gasteiger partial charge in [0, 0.05) is 4.88 Å². The van der Waals surface area contributed by atoms with Crippen LogP contribution in [0.25, 0.3) is 0 Å². The van der Waals surface area contributed by atoms with Crippen LogP contribution in [0, 0.1) is 0 Å². The SMILES string of the molecule is OC(c1cccs1)C(O)c1ccccc1C(F)(F)F. The molecular formula is C13H11F3O2S. The Morgan fingerprint density at radius 2 is 1.63 bits per heavy atom. The van der Waals surface area contributed by atoms with Crippen molar-refractivity contribution < 1.29 is 23.4 Å². The molecule has 19 heavy (non-hydrogen) atoms. The summed E-state index contributed by atoms with van der Waals surface area (Å²) >= 11 is 1.18. The van der Waals surface area contributed by atoms with E-state index in [-0.39, 0.29) is 5.56 Å². The average molecular weight is 288 g/mol. The number of thiophene rings is 1. The van der Waals surface area contributed by atoms with Gasteiger partial charge in [-0.15, -0.1) is 11.3 Å². The lowest BCUT2D eigenvalue weighted by Gasteiger charge is -2.21. The van der Waals surface area contributed by atoms with Crippen LogP contribution in [0.2, 0.25) is 0 Å². The highest BCUT2D eigenvalue weighted by atomic mass is 32.1. The Morgan fingerprint density at radius 1 is 0.947 bits per heavy atom. The highest BCUT2D eigenvalue weighted by molar-refractivity contribution is 7.10. The molecule has 1 aromatic heterocycles. The van der Waals surface area contributed by atoms with Gasteiger partial charge in [0.25, 0.3) is 0 Å². The summed E-state index contributed by atoms with van der Waals surface area (Å²) in [5.74, 6) is 0. The van der Waals surface area contributed by atoms with E-state index in [2.05, 4.69) is 0 Å². The molecule has 1 heterocycles. The van der Waals surface area contributed by atoms with Gasteiger partial charge in [0.1, 0.15) is 12.2 Å². The van der Waals surface area contributed by atoms with Crippen LogP contribution in [0.5, 0.6) is 0 Å². The molecule has 2 nitrogen and oxygen atoms in total. The largest absolute Gasteiger partial charge is 0.416 e. The van der Waals surface area contributed by atoms with E-state index in [0.717, 1.165) is 6.07 Å². The number of halogens is 3. The molecule has 0 saturated carbocycles. The molecular weight excluding hydrogens is 277 g/mol. The van der Waals surface area contributed by atoms with E-state index in [0.29, 0.717) is 4.88 Å². The minimum Gasteiger partial charge on any atom is -0.385 e. The fraction of sp³-hybridized carbons (Fsp3) is 0.231. The van der Waals surface area contributed by atoms with Gasteiger partial charge in [-0.05, 0) is 23.1 Å². The number of hydrogen-bond acceptors (Lipinski definition) is 3. The first-order valence-corrected chi connectivity index (χ1v) is 6.35. The number of alkyl halides is 3. The molecule has 0 bridgehead atoms. The van der Waals surface area contributed by atoms with Gasteiger partial charge in [-0.3, -0.25) is 0 Å². The van der Waals surface area contributed by atoms with Crippen LogP contribution < -0.4 is 0 Å². The number of hydrogen-bond donors (Lipinski definition) is 2. The Hall–Kier alpha value is -1.37. The second kappa shape index (κ2) is 5.32. The summed E-state index contributed by atoms with van der Waals surface area (Å²) in [7, 11) is 0. The van der Waals surface area contributed by atoms with Gasteiger partial charge >= 0.3 is 6.18 Å². The zero-order valence-corrected chi connectivity index (χ0v) is 10.4. The van der Waals surface area contributed by atoms with Gasteiger partial charge in [0.15, 0.2) is 0 Å². The van der Waals surface area contributed by atoms with Gasteiger partial charge in [-0.2, -0.15) is 13.2 Å². The average Bonchev–Trinajstić information content (AvgIpc) is 2.90. The second-order valence-electron chi connectivity index (χ2n) is 3.99. The van der Waals surface area contributed by atoms with E-state index in [1.165, 1.54) is 29.5 Å². The molecule has 0 amide bonds. The first-order valence-electron chi connectivity index (χ1n) is 5.47. The topological polar surface area (TPSA) is 40.5 Å². The van der Waals surface area contributed by atoms with Crippen LogP contribution in [-0.4, -0.2) is 10.2 Å². The molecule has 0 radical (unpaired) electrons. The molecule has 0 aliphatic heterocycles. The van der Waals surface area contributed by atoms with Crippen molar-refractivity contribution in [3.8, 4) is 0 Å². The van der Waals surface area contributed by atoms with E-state index in [9.17, 15) is 23.4 Å². The maximum Gasteiger partial charge on any atom is 0.416 e. The maximum absolute atomic E-state index is 12.8. The standard InChI is InChI=1S/C13H11F3O2S/c14-13(15,16)9-5-2-1-4-8(9)11(17)12(18)10-6-3-7-19-10/h1-7,11-12,17-18H. The van der Waals surface area contributed by atoms with Crippen LogP contribution in [0.4, 0.5) is 13.2 Å². The summed E-state index contributed by atoms with van der Waals surface area (Å²) in [6, 6.07) is 7.93. The maximum atomic E-state index is 12.8. The molecule has 1 aromatic carbocycles. The minimum atomic E-state index is -4.56. The van der Waals surface area contributed by atoms with Crippen molar-refractivity contribution in [3.05, 3.63) is 57.8 Å². The van der Waals surface area contributed by atoms with Crippen LogP contribution in [0.1, 0.15) is 28.2 Å². The fourth-order valence-corrected chi connectivity index (χ4v) is 2.54. The van der Waals surface area contributed by atoms with Crippen LogP contribution in [-0.2, 0) is 6.18 Å². The van der Waals surface area contributed by atoms with Gasteiger partial charge in [-0.25, -0.2) is 0 Å². The van der Waals surface area contributed by atoms with Crippen molar-refractivity contribution in [1.29, 1.82) is 0 Å². The molecule has 2 atom stereocenters. The molecule has 0 fully saturated rings. The summed E-state index contributed by atoms with van der Waals surface area (Å²) in [5, 5.41) is 21.6. The number of benzene rings is 1. The predicted molar refractivity (Wildman–Crippen MR) is 65.7 cm³/mol. The predicted octanol–water partition coefficient (Wildman–Crippen LogP) is 3.53. The Bertz CT molecular complexity index is 537. The van der Waals surface area contributed by atoms with Crippen molar-refractivity contribution in [2.75, 3.05) is 0 Å². The Morgan fingerprint density at radius 3 is 2.21 bits per heavy atom. The number of aliphatic hydroxyl groups is 2. The lowest BCUT2D eigenvalue weighted by molar-refractivity contribution is -0.140. The quantitative estimate of drug-likeness (QED) is 0.907. The lowest BCUT2D eigenvalue weighted by atomic mass is 9.97. The first-order chi connectivity index (χ1) is 8.91. The summed E-state index contributed by atoms with van der Waals surface area (Å²) in [6.07, 6.45) is -7.55. The van der Waals surface area contributed by atoms with Crippen molar-refractivity contribution in [1.82, 2.24) is 0 Å². The highest BCUT2D eigenvalue weighted by Gasteiger charge is 2.36. The van der Waals surface area contributed by atoms with E-state index in [4.69, 9.17) is 0 Å². The minimum absolute atomic E-state index is 0.323. The summed E-state index contributed by atoms with van der Waals surface area (Å²) < 4.78 is 38.5. The third-order valence-corrected chi connectivity index (χ3v) is 3.66. The zero-order chi connectivity index (χ0) is 14.0. The smallest absolute Gasteiger partial charge is 0.385 e. The van der Waals surface area contributed by atoms with E-state index in [1.807, 2.05) is 0 Å². The molecule has 2 unspecified atom stereocenters. The lowest BCUT2D eigenvalue weighted by Crippen LogP contribution is -2.16. The van der Waals surface area contributed by atoms with Gasteiger partial charge in [-0.1, -0.05) is 24.3 Å². The molecule has 0 spiro atoms. The van der Waals surface area contributed by atoms with Crippen molar-refractivity contribution in [2.45, 2.75) is 18.4 Å². The molecule has 2 N–H and O–H groups in total. The third-order valence-electron chi connectivity index (χ3n) is 2.72. The second-order valence-corrected chi connectivity index (χ2v) is 4.97. The van der Waals surface area contributed by atoms with Crippen LogP contribution in [0.3, 0.4) is 0 Å². The molecule has 0 aliphatic rings. The van der Waals surface area contributed by atoms with Crippen LogP contribution in [0.15, 0.2) is 41.8 Å². The van der Waals surface area contributed by atoms with Crippen LogP contribution >= 0.6 is 11.3 Å². The van der Waals surface area contributed by atoms with E-state index >= 15 is 0 Å². The van der Waals surface area contributed by atoms with Crippen molar-refractivity contribution >= 4 is 11.3 Å². The molecule has 0 saturated heterocycles. The van der Waals surface area contributed by atoms with E-state index < -0.39 is 23.9 Å². The third kappa shape index (κ3) is 2.97. The fourth-order valence-electron chi connectivity index (χ4n) is 1.80. The Kier molecular flexibility index (Phi) is 3.93. The number of aliphatic hydroxyl groups excluding tert-OH is 2. The van der Waals surface area contributed by atoms with E-state index in [1.54, 1.807) is 17.5 Å². The normalized spacial score (nSPS) is 15.2. The summed E-state index contributed by atoms with van der Waals surface area (Å²) in [6.45, 7) is 0. The molecule has 0 aliphatic carbocycles. The Balaban J connectivity index is 2.37. The summed E-state index contributed by atoms with van der Waals surface area (Å²) in [4.78, 5) is 0.421. The monoisotopic (exact) mass is 288 g/mol. The van der Waals surface area contributed by atoms with Gasteiger partial charge < -0.3 is 10.2 Å². The molecule has 6 heteroatoms. The van der Waals surface area contributed by atoms with Crippen molar-refractivity contribution in [2.24, 2.45) is 0 Å². The first kappa shape index (κ1) is 14.0.